The summed E-state index contributed by atoms with van der Waals surface area (Å²) in [5.41, 5.74) is 5.64. The van der Waals surface area contributed by atoms with Gasteiger partial charge in [-0.15, -0.1) is 0 Å². The second-order valence-electron chi connectivity index (χ2n) is 4.05. The van der Waals surface area contributed by atoms with Gasteiger partial charge in [-0.2, -0.15) is 8.78 Å². The zero-order chi connectivity index (χ0) is 10.9. The Morgan fingerprint density at radius 2 is 2.21 bits per heavy atom. The van der Waals surface area contributed by atoms with Crippen molar-refractivity contribution >= 4 is 5.91 Å². The van der Waals surface area contributed by atoms with Crippen LogP contribution in [0.15, 0.2) is 0 Å². The Morgan fingerprint density at radius 3 is 2.57 bits per heavy atom. The molecule has 1 heterocycles. The molecule has 0 spiro atoms. The molecule has 1 fully saturated rings. The molecular formula is C9H16F2N2O. The Kier molecular flexibility index (Phi) is 3.09. The maximum Gasteiger partial charge on any atom is 0.322 e. The minimum atomic E-state index is -3.26. The minimum absolute atomic E-state index is 0.0433. The van der Waals surface area contributed by atoms with E-state index < -0.39 is 11.8 Å². The average molecular weight is 206 g/mol. The van der Waals surface area contributed by atoms with Gasteiger partial charge in [0.15, 0.2) is 0 Å². The summed E-state index contributed by atoms with van der Waals surface area (Å²) in [5, 5.41) is 0. The van der Waals surface area contributed by atoms with Gasteiger partial charge in [-0.3, -0.25) is 4.79 Å². The summed E-state index contributed by atoms with van der Waals surface area (Å²) in [6, 6.07) is -0.0433. The zero-order valence-corrected chi connectivity index (χ0v) is 8.46. The second-order valence-corrected chi connectivity index (χ2v) is 4.05. The van der Waals surface area contributed by atoms with E-state index in [9.17, 15) is 13.6 Å². The van der Waals surface area contributed by atoms with Crippen LogP contribution in [-0.4, -0.2) is 35.9 Å². The summed E-state index contributed by atoms with van der Waals surface area (Å²) in [4.78, 5) is 12.4. The molecule has 0 aromatic heterocycles. The number of alkyl halides is 2. The van der Waals surface area contributed by atoms with Gasteiger partial charge in [0.05, 0.1) is 0 Å². The third-order valence-electron chi connectivity index (χ3n) is 2.63. The van der Waals surface area contributed by atoms with Crippen LogP contribution in [0.25, 0.3) is 0 Å². The van der Waals surface area contributed by atoms with E-state index in [1.807, 2.05) is 6.92 Å². The molecule has 1 rings (SSSR count). The fourth-order valence-corrected chi connectivity index (χ4v) is 1.68. The Labute approximate surface area is 82.2 Å². The molecule has 5 heteroatoms. The standard InChI is InChI=1S/C9H16F2N2O/c1-6(12)7-3-4-13(5-7)8(14)9(2,10)11/h6-7H,3-5,12H2,1-2H3. The fourth-order valence-electron chi connectivity index (χ4n) is 1.68. The van der Waals surface area contributed by atoms with Gasteiger partial charge in [0.25, 0.3) is 5.91 Å². The number of amides is 1. The van der Waals surface area contributed by atoms with Crippen LogP contribution >= 0.6 is 0 Å². The molecule has 1 amide bonds. The maximum atomic E-state index is 12.7. The molecule has 0 aromatic rings. The highest BCUT2D eigenvalue weighted by molar-refractivity contribution is 5.83. The number of carbonyl (C=O) groups is 1. The van der Waals surface area contributed by atoms with E-state index in [0.717, 1.165) is 6.42 Å². The summed E-state index contributed by atoms with van der Waals surface area (Å²) in [5.74, 6) is -4.19. The smallest absolute Gasteiger partial charge is 0.322 e. The second kappa shape index (κ2) is 3.81. The van der Waals surface area contributed by atoms with E-state index >= 15 is 0 Å². The first-order valence-electron chi connectivity index (χ1n) is 4.75. The number of nitrogens with zero attached hydrogens (tertiary/aromatic N) is 1. The number of hydrogen-bond donors (Lipinski definition) is 1. The third-order valence-corrected chi connectivity index (χ3v) is 2.63. The van der Waals surface area contributed by atoms with Crippen LogP contribution in [-0.2, 0) is 4.79 Å². The van der Waals surface area contributed by atoms with Gasteiger partial charge in [-0.05, 0) is 19.3 Å². The summed E-state index contributed by atoms with van der Waals surface area (Å²) in [6.07, 6.45) is 0.722. The molecule has 0 aliphatic carbocycles. The molecule has 0 saturated carbocycles. The number of hydrogen-bond acceptors (Lipinski definition) is 2. The highest BCUT2D eigenvalue weighted by Crippen LogP contribution is 2.23. The molecule has 1 saturated heterocycles. The monoisotopic (exact) mass is 206 g/mol. The van der Waals surface area contributed by atoms with Crippen LogP contribution in [0.1, 0.15) is 20.3 Å². The van der Waals surface area contributed by atoms with E-state index in [4.69, 9.17) is 5.73 Å². The third kappa shape index (κ3) is 2.41. The van der Waals surface area contributed by atoms with E-state index in [1.165, 1.54) is 4.90 Å². The van der Waals surface area contributed by atoms with Gasteiger partial charge >= 0.3 is 5.92 Å². The molecular weight excluding hydrogens is 190 g/mol. The Balaban J connectivity index is 2.54. The first kappa shape index (κ1) is 11.4. The molecule has 2 unspecified atom stereocenters. The molecule has 2 N–H and O–H groups in total. The lowest BCUT2D eigenvalue weighted by molar-refractivity contribution is -0.153. The molecule has 0 radical (unpaired) electrons. The van der Waals surface area contributed by atoms with E-state index in [0.29, 0.717) is 20.0 Å². The first-order valence-corrected chi connectivity index (χ1v) is 4.75. The number of halogens is 2. The molecule has 0 bridgehead atoms. The number of likely N-dealkylation sites (tertiary alicyclic amines) is 1. The molecule has 82 valence electrons. The first-order chi connectivity index (χ1) is 6.32. The normalized spacial score (nSPS) is 25.2. The predicted molar refractivity (Wildman–Crippen MR) is 49.0 cm³/mol. The Hall–Kier alpha value is -0.710. The van der Waals surface area contributed by atoms with Crippen LogP contribution in [0.3, 0.4) is 0 Å². The van der Waals surface area contributed by atoms with Crippen molar-refractivity contribution in [2.24, 2.45) is 11.7 Å². The molecule has 3 nitrogen and oxygen atoms in total. The van der Waals surface area contributed by atoms with Gasteiger partial charge in [-0.1, -0.05) is 0 Å². The number of carbonyl (C=O) groups excluding carboxylic acids is 1. The average Bonchev–Trinajstić information content (AvgIpc) is 2.48. The quantitative estimate of drug-likeness (QED) is 0.727. The number of rotatable bonds is 2. The lowest BCUT2D eigenvalue weighted by atomic mass is 10.0. The van der Waals surface area contributed by atoms with Crippen LogP contribution in [0.4, 0.5) is 8.78 Å². The van der Waals surface area contributed by atoms with Crippen molar-refractivity contribution in [2.45, 2.75) is 32.2 Å². The maximum absolute atomic E-state index is 12.7. The highest BCUT2D eigenvalue weighted by Gasteiger charge is 2.40. The van der Waals surface area contributed by atoms with Gasteiger partial charge in [0, 0.05) is 26.1 Å². The molecule has 1 aliphatic heterocycles. The Bertz CT molecular complexity index is 225. The van der Waals surface area contributed by atoms with Crippen molar-refractivity contribution in [3.05, 3.63) is 0 Å². The van der Waals surface area contributed by atoms with Gasteiger partial charge in [-0.25, -0.2) is 0 Å². The van der Waals surface area contributed by atoms with Crippen molar-refractivity contribution in [3.8, 4) is 0 Å². The van der Waals surface area contributed by atoms with Crippen molar-refractivity contribution in [3.63, 3.8) is 0 Å². The van der Waals surface area contributed by atoms with Crippen molar-refractivity contribution in [1.29, 1.82) is 0 Å². The largest absolute Gasteiger partial charge is 0.337 e. The van der Waals surface area contributed by atoms with Crippen LogP contribution in [0, 0.1) is 5.92 Å². The lowest BCUT2D eigenvalue weighted by Gasteiger charge is -2.21. The number of nitrogens with two attached hydrogens (primary N) is 1. The lowest BCUT2D eigenvalue weighted by Crippen LogP contribution is -2.41. The van der Waals surface area contributed by atoms with Crippen molar-refractivity contribution in [1.82, 2.24) is 4.90 Å². The Morgan fingerprint density at radius 1 is 1.64 bits per heavy atom. The molecule has 0 aromatic carbocycles. The summed E-state index contributed by atoms with van der Waals surface area (Å²) in [6.45, 7) is 3.23. The van der Waals surface area contributed by atoms with E-state index in [2.05, 4.69) is 0 Å². The van der Waals surface area contributed by atoms with Crippen LogP contribution in [0.2, 0.25) is 0 Å². The topological polar surface area (TPSA) is 46.3 Å². The SMILES string of the molecule is CC(N)C1CCN(C(=O)C(C)(F)F)C1. The van der Waals surface area contributed by atoms with Crippen molar-refractivity contribution < 1.29 is 13.6 Å². The molecule has 14 heavy (non-hydrogen) atoms. The van der Waals surface area contributed by atoms with Crippen molar-refractivity contribution in [2.75, 3.05) is 13.1 Å². The van der Waals surface area contributed by atoms with Gasteiger partial charge in [0.2, 0.25) is 0 Å². The van der Waals surface area contributed by atoms with E-state index in [1.54, 1.807) is 0 Å². The van der Waals surface area contributed by atoms with E-state index in [-0.39, 0.29) is 12.0 Å². The summed E-state index contributed by atoms with van der Waals surface area (Å²) in [7, 11) is 0. The summed E-state index contributed by atoms with van der Waals surface area (Å²) < 4.78 is 25.3. The highest BCUT2D eigenvalue weighted by atomic mass is 19.3. The van der Waals surface area contributed by atoms with Gasteiger partial charge in [0.1, 0.15) is 0 Å². The summed E-state index contributed by atoms with van der Waals surface area (Å²) >= 11 is 0. The van der Waals surface area contributed by atoms with Gasteiger partial charge < -0.3 is 10.6 Å². The molecule has 2 atom stereocenters. The fraction of sp³-hybridized carbons (Fsp3) is 0.889. The molecule has 1 aliphatic rings. The zero-order valence-electron chi connectivity index (χ0n) is 8.46. The minimum Gasteiger partial charge on any atom is -0.337 e. The van der Waals surface area contributed by atoms with Crippen LogP contribution in [0.5, 0.6) is 0 Å². The van der Waals surface area contributed by atoms with Crippen LogP contribution < -0.4 is 5.73 Å². The predicted octanol–water partition coefficient (Wildman–Crippen LogP) is 0.837.